The van der Waals surface area contributed by atoms with Crippen LogP contribution < -0.4 is 0 Å². The fraction of sp³-hybridized carbons (Fsp3) is 0.625. The summed E-state index contributed by atoms with van der Waals surface area (Å²) in [5.74, 6) is -0.265. The Bertz CT molecular complexity index is 550. The molecule has 122 valence electrons. The van der Waals surface area contributed by atoms with Gasteiger partial charge in [0.2, 0.25) is 0 Å². The molecule has 22 heavy (non-hydrogen) atoms. The number of thiophene rings is 1. The Hall–Kier alpha value is -1.56. The lowest BCUT2D eigenvalue weighted by atomic mass is 10.2. The molecule has 0 saturated heterocycles. The number of rotatable bonds is 3. The lowest BCUT2D eigenvalue weighted by Gasteiger charge is -2.28. The molecule has 5 nitrogen and oxygen atoms in total. The molecule has 0 aromatic carbocycles. The molecule has 2 rings (SSSR count). The summed E-state index contributed by atoms with van der Waals surface area (Å²) in [6, 6.07) is 1.98. The number of amides is 1. The first-order chi connectivity index (χ1) is 10.2. The third-order valence-corrected chi connectivity index (χ3v) is 4.66. The average Bonchev–Trinajstić information content (AvgIpc) is 2.93. The summed E-state index contributed by atoms with van der Waals surface area (Å²) < 4.78 is 10.4. The molecule has 0 fully saturated rings. The Labute approximate surface area is 135 Å². The topological polar surface area (TPSA) is 55.8 Å². The zero-order valence-corrected chi connectivity index (χ0v) is 14.6. The highest BCUT2D eigenvalue weighted by molar-refractivity contribution is 7.14. The van der Waals surface area contributed by atoms with Crippen LogP contribution in [-0.2, 0) is 22.3 Å². The van der Waals surface area contributed by atoms with Crippen molar-refractivity contribution in [2.24, 2.45) is 0 Å². The normalized spacial score (nSPS) is 17.0. The van der Waals surface area contributed by atoms with Crippen molar-refractivity contribution in [2.45, 2.75) is 52.2 Å². The lowest BCUT2D eigenvalue weighted by Crippen LogP contribution is -2.41. The van der Waals surface area contributed by atoms with Crippen molar-refractivity contribution in [3.8, 4) is 0 Å². The predicted molar refractivity (Wildman–Crippen MR) is 85.5 cm³/mol. The third kappa shape index (κ3) is 3.80. The van der Waals surface area contributed by atoms with Gasteiger partial charge in [-0.15, -0.1) is 11.3 Å². The predicted octanol–water partition coefficient (Wildman–Crippen LogP) is 3.26. The second kappa shape index (κ2) is 6.28. The zero-order valence-electron chi connectivity index (χ0n) is 13.8. The Balaban J connectivity index is 1.99. The second-order valence-electron chi connectivity index (χ2n) is 6.43. The number of fused-ring (bicyclic) bond motifs is 1. The molecule has 0 aliphatic heterocycles. The number of ether oxygens (including phenoxy) is 2. The van der Waals surface area contributed by atoms with Gasteiger partial charge in [0.05, 0.1) is 6.61 Å². The fourth-order valence-electron chi connectivity index (χ4n) is 2.41. The van der Waals surface area contributed by atoms with Crippen molar-refractivity contribution >= 4 is 23.4 Å². The highest BCUT2D eigenvalue weighted by atomic mass is 32.1. The highest BCUT2D eigenvalue weighted by Gasteiger charge is 2.32. The number of likely N-dealkylation sites (N-methyl/N-ethyl adjacent to an activating group) is 1. The van der Waals surface area contributed by atoms with E-state index in [9.17, 15) is 9.59 Å². The van der Waals surface area contributed by atoms with Gasteiger partial charge in [-0.05, 0) is 45.7 Å². The molecule has 1 atom stereocenters. The van der Waals surface area contributed by atoms with Crippen LogP contribution in [0.2, 0.25) is 0 Å². The van der Waals surface area contributed by atoms with Crippen molar-refractivity contribution in [3.05, 3.63) is 21.4 Å². The van der Waals surface area contributed by atoms with Gasteiger partial charge in [0.15, 0.2) is 0 Å². The maximum absolute atomic E-state index is 12.1. The quantitative estimate of drug-likeness (QED) is 0.801. The Kier molecular flexibility index (Phi) is 4.80. The summed E-state index contributed by atoms with van der Waals surface area (Å²) in [4.78, 5) is 27.3. The first kappa shape index (κ1) is 16.8. The Morgan fingerprint density at radius 3 is 2.59 bits per heavy atom. The van der Waals surface area contributed by atoms with E-state index >= 15 is 0 Å². The van der Waals surface area contributed by atoms with Gasteiger partial charge in [0.1, 0.15) is 10.5 Å². The monoisotopic (exact) mass is 325 g/mol. The van der Waals surface area contributed by atoms with Crippen molar-refractivity contribution < 1.29 is 19.1 Å². The molecule has 1 aliphatic rings. The first-order valence-corrected chi connectivity index (χ1v) is 8.27. The first-order valence-electron chi connectivity index (χ1n) is 7.45. The molecule has 0 N–H and O–H groups in total. The van der Waals surface area contributed by atoms with Crippen LogP contribution in [0.3, 0.4) is 0 Å². The van der Waals surface area contributed by atoms with Crippen molar-refractivity contribution in [2.75, 3.05) is 13.7 Å². The summed E-state index contributed by atoms with van der Waals surface area (Å²) in [7, 11) is 1.77. The third-order valence-electron chi connectivity index (χ3n) is 3.48. The number of hydrogen-bond acceptors (Lipinski definition) is 5. The second-order valence-corrected chi connectivity index (χ2v) is 7.57. The molecule has 0 bridgehead atoms. The van der Waals surface area contributed by atoms with E-state index in [4.69, 9.17) is 9.47 Å². The number of esters is 1. The molecule has 1 amide bonds. The number of hydrogen-bond donors (Lipinski definition) is 0. The standard InChI is InChI=1S/C16H23NO4S/c1-6-20-14(18)13-8-10-7-11(9-12(10)22-13)17(5)15(19)21-16(2,3)4/h8,11H,6-7,9H2,1-5H3. The van der Waals surface area contributed by atoms with Gasteiger partial charge >= 0.3 is 12.1 Å². The van der Waals surface area contributed by atoms with Gasteiger partial charge in [-0.25, -0.2) is 9.59 Å². The van der Waals surface area contributed by atoms with Crippen LogP contribution in [0.15, 0.2) is 6.07 Å². The van der Waals surface area contributed by atoms with Crippen LogP contribution >= 0.6 is 11.3 Å². The van der Waals surface area contributed by atoms with Crippen molar-refractivity contribution in [1.29, 1.82) is 0 Å². The molecule has 0 radical (unpaired) electrons. The largest absolute Gasteiger partial charge is 0.462 e. The molecule has 0 spiro atoms. The van der Waals surface area contributed by atoms with Gasteiger partial charge in [0.25, 0.3) is 0 Å². The fourth-order valence-corrected chi connectivity index (χ4v) is 3.57. The molecule has 1 aliphatic carbocycles. The van der Waals surface area contributed by atoms with Crippen molar-refractivity contribution in [1.82, 2.24) is 4.90 Å². The molecule has 1 unspecified atom stereocenters. The van der Waals surface area contributed by atoms with Crippen molar-refractivity contribution in [3.63, 3.8) is 0 Å². The highest BCUT2D eigenvalue weighted by Crippen LogP contribution is 2.33. The maximum atomic E-state index is 12.1. The smallest absolute Gasteiger partial charge is 0.410 e. The molecular weight excluding hydrogens is 302 g/mol. The minimum Gasteiger partial charge on any atom is -0.462 e. The Morgan fingerprint density at radius 1 is 1.36 bits per heavy atom. The zero-order chi connectivity index (χ0) is 16.5. The summed E-state index contributed by atoms with van der Waals surface area (Å²) >= 11 is 1.46. The van der Waals surface area contributed by atoms with E-state index in [0.29, 0.717) is 11.5 Å². The minimum absolute atomic E-state index is 0.0901. The van der Waals surface area contributed by atoms with Crippen LogP contribution in [0, 0.1) is 0 Å². The van der Waals surface area contributed by atoms with E-state index in [1.54, 1.807) is 18.9 Å². The van der Waals surface area contributed by atoms with Gasteiger partial charge in [-0.2, -0.15) is 0 Å². The summed E-state index contributed by atoms with van der Waals surface area (Å²) in [5, 5.41) is 0. The van der Waals surface area contributed by atoms with E-state index in [1.807, 2.05) is 26.8 Å². The van der Waals surface area contributed by atoms with Gasteiger partial charge < -0.3 is 14.4 Å². The van der Waals surface area contributed by atoms with E-state index in [1.165, 1.54) is 11.3 Å². The number of carbonyl (C=O) groups excluding carboxylic acids is 2. The molecule has 6 heteroatoms. The molecule has 1 aromatic heterocycles. The minimum atomic E-state index is -0.494. The van der Waals surface area contributed by atoms with Crippen LogP contribution in [-0.4, -0.2) is 42.3 Å². The van der Waals surface area contributed by atoms with Crippen LogP contribution in [0.25, 0.3) is 0 Å². The van der Waals surface area contributed by atoms with Gasteiger partial charge in [-0.1, -0.05) is 0 Å². The van der Waals surface area contributed by atoms with Crippen LogP contribution in [0.1, 0.15) is 47.8 Å². The van der Waals surface area contributed by atoms with E-state index in [-0.39, 0.29) is 18.1 Å². The van der Waals surface area contributed by atoms with E-state index in [0.717, 1.165) is 23.3 Å². The van der Waals surface area contributed by atoms with E-state index in [2.05, 4.69) is 0 Å². The van der Waals surface area contributed by atoms with Gasteiger partial charge in [0, 0.05) is 24.4 Å². The molecule has 1 aromatic rings. The summed E-state index contributed by atoms with van der Waals surface area (Å²) in [5.41, 5.74) is 0.639. The average molecular weight is 325 g/mol. The summed E-state index contributed by atoms with van der Waals surface area (Å²) in [6.45, 7) is 7.75. The number of nitrogens with zero attached hydrogens (tertiary/aromatic N) is 1. The number of carbonyl (C=O) groups is 2. The Morgan fingerprint density at radius 2 is 2.05 bits per heavy atom. The van der Waals surface area contributed by atoms with Crippen LogP contribution in [0.4, 0.5) is 4.79 Å². The molecular formula is C16H23NO4S. The molecule has 0 saturated carbocycles. The SMILES string of the molecule is CCOC(=O)c1cc2c(s1)CC(N(C)C(=O)OC(C)(C)C)C2. The maximum Gasteiger partial charge on any atom is 0.410 e. The lowest BCUT2D eigenvalue weighted by molar-refractivity contribution is 0.0229. The van der Waals surface area contributed by atoms with E-state index < -0.39 is 5.60 Å². The molecule has 1 heterocycles. The van der Waals surface area contributed by atoms with Crippen LogP contribution in [0.5, 0.6) is 0 Å². The summed E-state index contributed by atoms with van der Waals surface area (Å²) in [6.07, 6.45) is 1.20. The van der Waals surface area contributed by atoms with Gasteiger partial charge in [-0.3, -0.25) is 0 Å².